The first-order chi connectivity index (χ1) is 16.1. The molecule has 4 aromatic rings. The van der Waals surface area contributed by atoms with Gasteiger partial charge < -0.3 is 15.7 Å². The summed E-state index contributed by atoms with van der Waals surface area (Å²) >= 11 is 4.33. The summed E-state index contributed by atoms with van der Waals surface area (Å²) in [6.07, 6.45) is 7.50. The highest BCUT2D eigenvalue weighted by molar-refractivity contribution is 14.2. The molecule has 170 valence electrons. The minimum absolute atomic E-state index is 0.0573. The van der Waals surface area contributed by atoms with Crippen molar-refractivity contribution in [2.24, 2.45) is 0 Å². The lowest BCUT2D eigenvalue weighted by Crippen LogP contribution is -2.24. The molecule has 0 amide bonds. The van der Waals surface area contributed by atoms with Crippen LogP contribution in [0.5, 0.6) is 0 Å². The number of halogens is 1. The van der Waals surface area contributed by atoms with E-state index in [4.69, 9.17) is 10.7 Å². The van der Waals surface area contributed by atoms with Gasteiger partial charge in [-0.1, -0.05) is 41.7 Å². The topological polar surface area (TPSA) is 88.2 Å². The number of rotatable bonds is 7. The molecule has 9 heteroatoms. The SMILES string of the molecule is CN(CCO)c1ncc(-c2cc(-c3ccccc3)c3c(N)c([S+](I)C4CCC4)sc3n2)cn1. The van der Waals surface area contributed by atoms with Gasteiger partial charge in [0.25, 0.3) is 21.2 Å². The maximum atomic E-state index is 9.17. The summed E-state index contributed by atoms with van der Waals surface area (Å²) in [6.45, 7) is 0.542. The van der Waals surface area contributed by atoms with Crippen LogP contribution >= 0.6 is 32.5 Å². The lowest BCUT2D eigenvalue weighted by atomic mass is 10.00. The summed E-state index contributed by atoms with van der Waals surface area (Å²) in [5.74, 6) is 0.578. The van der Waals surface area contributed by atoms with E-state index in [1.807, 2.05) is 18.0 Å². The quantitative estimate of drug-likeness (QED) is 0.224. The molecular weight excluding hydrogens is 565 g/mol. The first-order valence-electron chi connectivity index (χ1n) is 10.9. The molecule has 1 fully saturated rings. The van der Waals surface area contributed by atoms with Gasteiger partial charge in [0.15, 0.2) is 0 Å². The number of nitrogens with two attached hydrogens (primary N) is 1. The van der Waals surface area contributed by atoms with Crippen molar-refractivity contribution in [3.63, 3.8) is 0 Å². The molecule has 6 nitrogen and oxygen atoms in total. The smallest absolute Gasteiger partial charge is 0.258 e. The Balaban J connectivity index is 1.63. The van der Waals surface area contributed by atoms with Crippen molar-refractivity contribution in [3.8, 4) is 22.4 Å². The molecule has 1 atom stereocenters. The number of nitrogen functional groups attached to an aromatic ring is 1. The van der Waals surface area contributed by atoms with Crippen molar-refractivity contribution < 1.29 is 5.11 Å². The maximum Gasteiger partial charge on any atom is 0.258 e. The summed E-state index contributed by atoms with van der Waals surface area (Å²) in [6, 6.07) is 12.5. The van der Waals surface area contributed by atoms with Gasteiger partial charge in [-0.2, -0.15) is 0 Å². The molecule has 1 saturated carbocycles. The molecule has 1 aromatic carbocycles. The first-order valence-corrected chi connectivity index (χ1v) is 15.5. The second-order valence-corrected chi connectivity index (χ2v) is 13.9. The van der Waals surface area contributed by atoms with Crippen LogP contribution < -0.4 is 10.6 Å². The van der Waals surface area contributed by atoms with E-state index in [0.29, 0.717) is 12.5 Å². The lowest BCUT2D eigenvalue weighted by Gasteiger charge is -2.20. The molecule has 0 saturated heterocycles. The second kappa shape index (κ2) is 9.73. The van der Waals surface area contributed by atoms with Gasteiger partial charge in [-0.15, -0.1) is 0 Å². The van der Waals surface area contributed by atoms with Crippen LogP contribution in [-0.4, -0.2) is 45.5 Å². The molecule has 1 aliphatic rings. The molecule has 0 aliphatic heterocycles. The molecule has 3 N–H and O–H groups in total. The Bertz CT molecular complexity index is 1260. The third kappa shape index (κ3) is 4.43. The van der Waals surface area contributed by atoms with Crippen LogP contribution in [0.25, 0.3) is 32.6 Å². The molecule has 3 heterocycles. The highest BCUT2D eigenvalue weighted by Gasteiger charge is 2.40. The summed E-state index contributed by atoms with van der Waals surface area (Å²) < 4.78 is 1.27. The van der Waals surface area contributed by atoms with Crippen molar-refractivity contribution in [1.29, 1.82) is 0 Å². The minimum Gasteiger partial charge on any atom is -0.395 e. The van der Waals surface area contributed by atoms with E-state index in [1.165, 1.54) is 23.5 Å². The van der Waals surface area contributed by atoms with E-state index in [0.717, 1.165) is 43.5 Å². The predicted octanol–water partition coefficient (Wildman–Crippen LogP) is 5.31. The zero-order valence-electron chi connectivity index (χ0n) is 18.2. The van der Waals surface area contributed by atoms with Crippen molar-refractivity contribution in [2.75, 3.05) is 30.8 Å². The van der Waals surface area contributed by atoms with Crippen LogP contribution in [-0.2, 0) is 8.07 Å². The van der Waals surface area contributed by atoms with Crippen LogP contribution in [0.3, 0.4) is 0 Å². The number of hydrogen-bond donors (Lipinski definition) is 2. The average Bonchev–Trinajstić information content (AvgIpc) is 3.14. The third-order valence-corrected chi connectivity index (χ3v) is 13.7. The number of aromatic nitrogens is 3. The number of benzene rings is 1. The van der Waals surface area contributed by atoms with E-state index in [1.54, 1.807) is 23.7 Å². The Kier molecular flexibility index (Phi) is 6.73. The van der Waals surface area contributed by atoms with Crippen LogP contribution in [0, 0.1) is 0 Å². The van der Waals surface area contributed by atoms with Gasteiger partial charge in [0.1, 0.15) is 23.8 Å². The van der Waals surface area contributed by atoms with Crippen molar-refractivity contribution in [3.05, 3.63) is 48.8 Å². The van der Waals surface area contributed by atoms with E-state index < -0.39 is 0 Å². The number of thiophene rings is 1. The molecular formula is C24H25IN5OS2+. The summed E-state index contributed by atoms with van der Waals surface area (Å²) in [4.78, 5) is 16.8. The number of hydrogen-bond acceptors (Lipinski definition) is 7. The normalized spacial score (nSPS) is 14.9. The fraction of sp³-hybridized carbons (Fsp3) is 0.292. The maximum absolute atomic E-state index is 9.17. The lowest BCUT2D eigenvalue weighted by molar-refractivity contribution is 0.303. The van der Waals surface area contributed by atoms with E-state index in [9.17, 15) is 5.11 Å². The number of pyridine rings is 1. The number of fused-ring (bicyclic) bond motifs is 1. The average molecular weight is 591 g/mol. The van der Waals surface area contributed by atoms with Gasteiger partial charge in [0.05, 0.1) is 12.3 Å². The van der Waals surface area contributed by atoms with Crippen LogP contribution in [0.1, 0.15) is 19.3 Å². The van der Waals surface area contributed by atoms with Crippen LogP contribution in [0.4, 0.5) is 11.6 Å². The fourth-order valence-corrected chi connectivity index (χ4v) is 10.1. The van der Waals surface area contributed by atoms with E-state index >= 15 is 0 Å². The molecule has 33 heavy (non-hydrogen) atoms. The first kappa shape index (κ1) is 22.8. The molecule has 0 bridgehead atoms. The molecule has 1 unspecified atom stereocenters. The van der Waals surface area contributed by atoms with Crippen molar-refractivity contribution in [2.45, 2.75) is 28.7 Å². The van der Waals surface area contributed by atoms with Crippen molar-refractivity contribution in [1.82, 2.24) is 15.0 Å². The Morgan fingerprint density at radius 3 is 2.55 bits per heavy atom. The number of anilines is 2. The van der Waals surface area contributed by atoms with Gasteiger partial charge >= 0.3 is 0 Å². The zero-order chi connectivity index (χ0) is 22.9. The molecule has 5 rings (SSSR count). The molecule has 1 aliphatic carbocycles. The Hall–Kier alpha value is -1.95. The van der Waals surface area contributed by atoms with Crippen LogP contribution in [0.15, 0.2) is 53.0 Å². The summed E-state index contributed by atoms with van der Waals surface area (Å²) in [5.41, 5.74) is 11.6. The molecule has 0 spiro atoms. The molecule has 3 aromatic heterocycles. The van der Waals surface area contributed by atoms with E-state index in [2.05, 4.69) is 61.5 Å². The number of aliphatic hydroxyl groups excluding tert-OH is 1. The number of nitrogens with zero attached hydrogens (tertiary/aromatic N) is 4. The van der Waals surface area contributed by atoms with Gasteiger partial charge in [0, 0.05) is 36.9 Å². The van der Waals surface area contributed by atoms with E-state index in [-0.39, 0.29) is 14.7 Å². The van der Waals surface area contributed by atoms with Gasteiger partial charge in [-0.25, -0.2) is 15.0 Å². The van der Waals surface area contributed by atoms with Crippen molar-refractivity contribution >= 4 is 62.5 Å². The Labute approximate surface area is 212 Å². The number of aliphatic hydroxyl groups is 1. The second-order valence-electron chi connectivity index (χ2n) is 8.16. The zero-order valence-corrected chi connectivity index (χ0v) is 22.0. The Morgan fingerprint density at radius 2 is 1.91 bits per heavy atom. The Morgan fingerprint density at radius 1 is 1.18 bits per heavy atom. The largest absolute Gasteiger partial charge is 0.395 e. The molecule has 0 radical (unpaired) electrons. The van der Waals surface area contributed by atoms with Gasteiger partial charge in [-0.05, 0) is 36.5 Å². The third-order valence-electron chi connectivity index (χ3n) is 5.98. The van der Waals surface area contributed by atoms with Crippen LogP contribution in [0.2, 0.25) is 0 Å². The highest BCUT2D eigenvalue weighted by Crippen LogP contribution is 2.48. The minimum atomic E-state index is 0.0573. The summed E-state index contributed by atoms with van der Waals surface area (Å²) in [5, 5.41) is 11.0. The predicted molar refractivity (Wildman–Crippen MR) is 148 cm³/mol. The summed E-state index contributed by atoms with van der Waals surface area (Å²) in [7, 11) is 1.97. The monoisotopic (exact) mass is 590 g/mol. The highest BCUT2D eigenvalue weighted by atomic mass is 127. The van der Waals surface area contributed by atoms with Gasteiger partial charge in [0.2, 0.25) is 10.2 Å². The van der Waals surface area contributed by atoms with Gasteiger partial charge in [-0.3, -0.25) is 0 Å². The standard InChI is InChI=1S/C24H25IN5OS2/c1-30(10-11-31)24-27-13-16(14-28-24)19-12-18(15-6-3-2-4-7-15)20-21(26)23(32-22(20)29-19)33(25)17-8-5-9-17/h2-4,6-7,12-14,17,31H,5,8-11,26H2,1H3/q+1. The number of likely N-dealkylation sites (N-methyl/N-ethyl adjacent to an activating group) is 1. The fourth-order valence-electron chi connectivity index (χ4n) is 3.87.